The van der Waals surface area contributed by atoms with Crippen LogP contribution in [0.4, 0.5) is 5.69 Å². The first kappa shape index (κ1) is 20.0. The highest BCUT2D eigenvalue weighted by Gasteiger charge is 2.24. The van der Waals surface area contributed by atoms with Crippen LogP contribution in [0.1, 0.15) is 12.5 Å². The molecule has 0 unspecified atom stereocenters. The molecular weight excluding hydrogens is 496 g/mol. The number of carbonyl (C=O) groups excluding carboxylic acids is 1. The van der Waals surface area contributed by atoms with Gasteiger partial charge in [-0.1, -0.05) is 15.9 Å². The lowest BCUT2D eigenvalue weighted by Gasteiger charge is -2.12. The zero-order valence-electron chi connectivity index (χ0n) is 14.6. The summed E-state index contributed by atoms with van der Waals surface area (Å²) in [7, 11) is 1.58. The first-order valence-corrected chi connectivity index (χ1v) is 10.5. The Balaban J connectivity index is 1.86. The summed E-state index contributed by atoms with van der Waals surface area (Å²) in [4.78, 5) is 17.3. The molecule has 0 bridgehead atoms. The van der Waals surface area contributed by atoms with Crippen molar-refractivity contribution in [3.8, 4) is 11.5 Å². The summed E-state index contributed by atoms with van der Waals surface area (Å²) in [5.74, 6) is 1.06. The number of carbonyl (C=O) groups is 1. The van der Waals surface area contributed by atoms with E-state index in [-0.39, 0.29) is 5.91 Å². The molecule has 1 heterocycles. The third-order valence-corrected chi connectivity index (χ3v) is 5.57. The highest BCUT2D eigenvalue weighted by atomic mass is 79.9. The Hall–Kier alpha value is -1.77. The first-order valence-electron chi connectivity index (χ1n) is 8.05. The number of halogens is 2. The molecule has 140 valence electrons. The smallest absolute Gasteiger partial charge is 0.264 e. The molecule has 0 spiro atoms. The maximum absolute atomic E-state index is 12.3. The monoisotopic (exact) mass is 510 g/mol. The topological polar surface area (TPSA) is 59.9 Å². The average Bonchev–Trinajstić information content (AvgIpc) is 2.98. The molecule has 5 nitrogen and oxygen atoms in total. The van der Waals surface area contributed by atoms with Gasteiger partial charge in [0.1, 0.15) is 0 Å². The summed E-state index contributed by atoms with van der Waals surface area (Å²) in [5, 5.41) is 3.34. The van der Waals surface area contributed by atoms with E-state index in [9.17, 15) is 4.79 Å². The SMILES string of the molecule is CCOc1c(Br)cc(/C=C2\SC(=Nc3ccc(Br)cc3)NC2=O)cc1OC. The van der Waals surface area contributed by atoms with Crippen LogP contribution in [0.2, 0.25) is 0 Å². The molecule has 0 radical (unpaired) electrons. The zero-order chi connectivity index (χ0) is 19.4. The van der Waals surface area contributed by atoms with Gasteiger partial charge in [-0.25, -0.2) is 4.99 Å². The number of hydrogen-bond donors (Lipinski definition) is 1. The fourth-order valence-corrected chi connectivity index (χ4v) is 4.05. The summed E-state index contributed by atoms with van der Waals surface area (Å²) in [6.07, 6.45) is 1.80. The lowest BCUT2D eigenvalue weighted by atomic mass is 10.2. The van der Waals surface area contributed by atoms with E-state index in [1.807, 2.05) is 43.3 Å². The molecule has 2 aromatic rings. The number of thioether (sulfide) groups is 1. The number of amidine groups is 1. The largest absolute Gasteiger partial charge is 0.493 e. The summed E-state index contributed by atoms with van der Waals surface area (Å²) in [5.41, 5.74) is 1.59. The third-order valence-electron chi connectivity index (χ3n) is 3.55. The maximum Gasteiger partial charge on any atom is 0.264 e. The Kier molecular flexibility index (Phi) is 6.62. The summed E-state index contributed by atoms with van der Waals surface area (Å²) < 4.78 is 12.7. The van der Waals surface area contributed by atoms with Gasteiger partial charge in [0.25, 0.3) is 5.91 Å². The molecule has 0 atom stereocenters. The van der Waals surface area contributed by atoms with E-state index in [1.54, 1.807) is 13.2 Å². The Morgan fingerprint density at radius 3 is 2.63 bits per heavy atom. The van der Waals surface area contributed by atoms with Crippen molar-refractivity contribution in [2.24, 2.45) is 4.99 Å². The Bertz CT molecular complexity index is 927. The van der Waals surface area contributed by atoms with Crippen molar-refractivity contribution in [3.05, 3.63) is 55.8 Å². The van der Waals surface area contributed by atoms with Gasteiger partial charge in [-0.15, -0.1) is 0 Å². The van der Waals surface area contributed by atoms with Gasteiger partial charge in [-0.05, 0) is 82.7 Å². The van der Waals surface area contributed by atoms with E-state index >= 15 is 0 Å². The molecule has 27 heavy (non-hydrogen) atoms. The van der Waals surface area contributed by atoms with Crippen LogP contribution in [0, 0.1) is 0 Å². The van der Waals surface area contributed by atoms with Gasteiger partial charge in [-0.2, -0.15) is 0 Å². The van der Waals surface area contributed by atoms with Crippen LogP contribution in [0.25, 0.3) is 6.08 Å². The number of ether oxygens (including phenoxy) is 2. The van der Waals surface area contributed by atoms with Gasteiger partial charge < -0.3 is 14.8 Å². The van der Waals surface area contributed by atoms with Gasteiger partial charge >= 0.3 is 0 Å². The van der Waals surface area contributed by atoms with Crippen LogP contribution in [0.3, 0.4) is 0 Å². The number of benzene rings is 2. The second kappa shape index (κ2) is 8.95. The third kappa shape index (κ3) is 4.94. The summed E-state index contributed by atoms with van der Waals surface area (Å²) >= 11 is 8.19. The average molecular weight is 512 g/mol. The Morgan fingerprint density at radius 1 is 1.22 bits per heavy atom. The first-order chi connectivity index (χ1) is 13.0. The van der Waals surface area contributed by atoms with Crippen molar-refractivity contribution in [1.82, 2.24) is 5.32 Å². The van der Waals surface area contributed by atoms with E-state index < -0.39 is 0 Å². The second-order valence-corrected chi connectivity index (χ2v) is 8.23. The van der Waals surface area contributed by atoms with Crippen molar-refractivity contribution >= 4 is 66.5 Å². The minimum atomic E-state index is -0.181. The number of nitrogens with zero attached hydrogens (tertiary/aromatic N) is 1. The zero-order valence-corrected chi connectivity index (χ0v) is 18.6. The van der Waals surface area contributed by atoms with Crippen molar-refractivity contribution in [2.45, 2.75) is 6.92 Å². The van der Waals surface area contributed by atoms with E-state index in [2.05, 4.69) is 42.2 Å². The van der Waals surface area contributed by atoms with E-state index in [1.165, 1.54) is 11.8 Å². The second-order valence-electron chi connectivity index (χ2n) is 5.43. The van der Waals surface area contributed by atoms with Gasteiger partial charge in [0.05, 0.1) is 28.8 Å². The van der Waals surface area contributed by atoms with Crippen LogP contribution in [0.15, 0.2) is 55.2 Å². The highest BCUT2D eigenvalue weighted by Crippen LogP contribution is 2.38. The molecule has 1 amide bonds. The van der Waals surface area contributed by atoms with Crippen molar-refractivity contribution < 1.29 is 14.3 Å². The molecule has 0 saturated carbocycles. The number of methoxy groups -OCH3 is 1. The van der Waals surface area contributed by atoms with Gasteiger partial charge in [0.15, 0.2) is 16.7 Å². The number of amides is 1. The molecule has 1 N–H and O–H groups in total. The van der Waals surface area contributed by atoms with Crippen LogP contribution in [-0.4, -0.2) is 24.8 Å². The molecule has 1 fully saturated rings. The molecule has 1 aliphatic rings. The quantitative estimate of drug-likeness (QED) is 0.537. The van der Waals surface area contributed by atoms with Crippen LogP contribution in [-0.2, 0) is 4.79 Å². The lowest BCUT2D eigenvalue weighted by Crippen LogP contribution is -2.19. The molecule has 8 heteroatoms. The van der Waals surface area contributed by atoms with Crippen LogP contribution in [0.5, 0.6) is 11.5 Å². The van der Waals surface area contributed by atoms with Crippen molar-refractivity contribution in [3.63, 3.8) is 0 Å². The number of nitrogens with one attached hydrogen (secondary N) is 1. The van der Waals surface area contributed by atoms with E-state index in [0.717, 1.165) is 20.2 Å². The van der Waals surface area contributed by atoms with Gasteiger partial charge in [0, 0.05) is 4.47 Å². The minimum Gasteiger partial charge on any atom is -0.493 e. The Morgan fingerprint density at radius 2 is 1.96 bits per heavy atom. The molecular formula is C19H16Br2N2O3S. The molecule has 3 rings (SSSR count). The van der Waals surface area contributed by atoms with E-state index in [0.29, 0.717) is 28.2 Å². The highest BCUT2D eigenvalue weighted by molar-refractivity contribution is 9.10. The van der Waals surface area contributed by atoms with E-state index in [4.69, 9.17) is 9.47 Å². The van der Waals surface area contributed by atoms with Crippen LogP contribution < -0.4 is 14.8 Å². The number of rotatable bonds is 5. The predicted octanol–water partition coefficient (Wildman–Crippen LogP) is 5.51. The summed E-state index contributed by atoms with van der Waals surface area (Å²) in [6.45, 7) is 2.44. The Labute approximate surface area is 178 Å². The minimum absolute atomic E-state index is 0.181. The molecule has 0 aliphatic carbocycles. The summed E-state index contributed by atoms with van der Waals surface area (Å²) in [6, 6.07) is 11.3. The molecule has 1 saturated heterocycles. The van der Waals surface area contributed by atoms with Gasteiger partial charge in [-0.3, -0.25) is 4.79 Å². The van der Waals surface area contributed by atoms with Crippen LogP contribution >= 0.6 is 43.6 Å². The fourth-order valence-electron chi connectivity index (χ4n) is 2.37. The van der Waals surface area contributed by atoms with Crippen molar-refractivity contribution in [2.75, 3.05) is 13.7 Å². The molecule has 2 aromatic carbocycles. The number of hydrogen-bond acceptors (Lipinski definition) is 5. The predicted molar refractivity (Wildman–Crippen MR) is 117 cm³/mol. The fraction of sp³-hybridized carbons (Fsp3) is 0.158. The molecule has 1 aliphatic heterocycles. The van der Waals surface area contributed by atoms with Gasteiger partial charge in [0.2, 0.25) is 0 Å². The normalized spacial score (nSPS) is 16.7. The number of aliphatic imine (C=N–C) groups is 1. The van der Waals surface area contributed by atoms with Crippen molar-refractivity contribution in [1.29, 1.82) is 0 Å². The lowest BCUT2D eigenvalue weighted by molar-refractivity contribution is -0.115. The molecule has 0 aromatic heterocycles. The standard InChI is InChI=1S/C19H16Br2N2O3S/c1-3-26-17-14(21)8-11(9-15(17)25-2)10-16-18(24)23-19(27-16)22-13-6-4-12(20)5-7-13/h4-10H,3H2,1-2H3,(H,22,23,24)/b16-10-. The maximum atomic E-state index is 12.3.